The molecule has 0 radical (unpaired) electrons. The molecule has 1 saturated heterocycles. The molecule has 2 unspecified atom stereocenters. The summed E-state index contributed by atoms with van der Waals surface area (Å²) in [6.07, 6.45) is 1.11. The molecular weight excluding hydrogens is 518 g/mol. The lowest BCUT2D eigenvalue weighted by atomic mass is 9.87. The Morgan fingerprint density at radius 2 is 1.71 bits per heavy atom. The third-order valence-corrected chi connectivity index (χ3v) is 6.90. The van der Waals surface area contributed by atoms with Crippen molar-refractivity contribution in [3.8, 4) is 5.75 Å². The molecule has 212 valence electrons. The number of likely N-dealkylation sites (tertiary alicyclic amines) is 1. The van der Waals surface area contributed by atoms with Gasteiger partial charge in [0.1, 0.15) is 17.2 Å². The van der Waals surface area contributed by atoms with Gasteiger partial charge in [0, 0.05) is 18.7 Å². The van der Waals surface area contributed by atoms with Crippen LogP contribution in [0.3, 0.4) is 0 Å². The number of benzene rings is 3. The van der Waals surface area contributed by atoms with Gasteiger partial charge in [0.05, 0.1) is 19.3 Å². The van der Waals surface area contributed by atoms with Gasteiger partial charge < -0.3 is 19.1 Å². The monoisotopic (exact) mass is 553 g/mol. The van der Waals surface area contributed by atoms with E-state index in [1.807, 2.05) is 45.0 Å². The van der Waals surface area contributed by atoms with Crippen molar-refractivity contribution in [2.24, 2.45) is 0 Å². The van der Waals surface area contributed by atoms with Crippen LogP contribution < -0.4 is 10.1 Å². The summed E-state index contributed by atoms with van der Waals surface area (Å²) in [5.74, 6) is 0.879. The first kappa shape index (κ1) is 28.1. The molecule has 1 aliphatic rings. The number of pyridine rings is 1. The second-order valence-corrected chi connectivity index (χ2v) is 11.2. The summed E-state index contributed by atoms with van der Waals surface area (Å²) in [6, 6.07) is 27.2. The lowest BCUT2D eigenvalue weighted by Gasteiger charge is -2.39. The first-order chi connectivity index (χ1) is 19.7. The SMILES string of the molecule is CC(C)(C)OC(=O)N1CCC(c2ccc(OC(=O)Nc3ccccn3)cc2)C(OCc2ccc3ccccc3c2)C1. The molecule has 1 aromatic heterocycles. The van der Waals surface area contributed by atoms with Crippen molar-refractivity contribution in [1.29, 1.82) is 0 Å². The fourth-order valence-corrected chi connectivity index (χ4v) is 4.95. The van der Waals surface area contributed by atoms with Gasteiger partial charge in [-0.25, -0.2) is 14.6 Å². The molecule has 0 saturated carbocycles. The Kier molecular flexibility index (Phi) is 8.50. The maximum absolute atomic E-state index is 12.9. The number of amides is 2. The quantitative estimate of drug-likeness (QED) is 0.273. The molecule has 1 fully saturated rings. The number of anilines is 1. The number of carbonyl (C=O) groups is 2. The molecule has 0 spiro atoms. The van der Waals surface area contributed by atoms with Crippen molar-refractivity contribution in [3.63, 3.8) is 0 Å². The summed E-state index contributed by atoms with van der Waals surface area (Å²) in [7, 11) is 0. The van der Waals surface area contributed by atoms with Crippen molar-refractivity contribution in [1.82, 2.24) is 9.88 Å². The highest BCUT2D eigenvalue weighted by atomic mass is 16.6. The van der Waals surface area contributed by atoms with E-state index in [2.05, 4.69) is 40.6 Å². The Bertz CT molecular complexity index is 1480. The molecule has 4 aromatic rings. The Morgan fingerprint density at radius 1 is 0.951 bits per heavy atom. The third-order valence-electron chi connectivity index (χ3n) is 6.90. The van der Waals surface area contributed by atoms with Gasteiger partial charge in [-0.3, -0.25) is 5.32 Å². The number of aromatic nitrogens is 1. The predicted molar refractivity (Wildman–Crippen MR) is 158 cm³/mol. The summed E-state index contributed by atoms with van der Waals surface area (Å²) in [4.78, 5) is 31.0. The van der Waals surface area contributed by atoms with Gasteiger partial charge in [-0.15, -0.1) is 0 Å². The van der Waals surface area contributed by atoms with E-state index in [0.29, 0.717) is 37.7 Å². The fourth-order valence-electron chi connectivity index (χ4n) is 4.95. The minimum atomic E-state index is -0.612. The molecule has 1 N–H and O–H groups in total. The van der Waals surface area contributed by atoms with Crippen LogP contribution >= 0.6 is 0 Å². The highest BCUT2D eigenvalue weighted by Crippen LogP contribution is 2.33. The number of hydrogen-bond donors (Lipinski definition) is 1. The largest absolute Gasteiger partial charge is 0.444 e. The Morgan fingerprint density at radius 3 is 2.44 bits per heavy atom. The molecule has 5 rings (SSSR count). The Hall–Kier alpha value is -4.43. The lowest BCUT2D eigenvalue weighted by Crippen LogP contribution is -2.48. The van der Waals surface area contributed by atoms with E-state index in [9.17, 15) is 9.59 Å². The number of ether oxygens (including phenoxy) is 3. The van der Waals surface area contributed by atoms with Crippen LogP contribution in [0.15, 0.2) is 91.1 Å². The number of fused-ring (bicyclic) bond motifs is 1. The van der Waals surface area contributed by atoms with Crippen molar-refractivity contribution in [2.45, 2.75) is 51.4 Å². The highest BCUT2D eigenvalue weighted by molar-refractivity contribution is 5.85. The molecule has 1 aliphatic heterocycles. The van der Waals surface area contributed by atoms with Crippen molar-refractivity contribution < 1.29 is 23.8 Å². The molecule has 41 heavy (non-hydrogen) atoms. The molecule has 0 aliphatic carbocycles. The number of piperidine rings is 1. The second-order valence-electron chi connectivity index (χ2n) is 11.2. The fraction of sp³-hybridized carbons (Fsp3) is 0.303. The number of rotatable bonds is 6. The van der Waals surface area contributed by atoms with Crippen LogP contribution in [0.1, 0.15) is 44.2 Å². The van der Waals surface area contributed by atoms with E-state index in [1.54, 1.807) is 41.4 Å². The van der Waals surface area contributed by atoms with Crippen LogP contribution in [0.5, 0.6) is 5.75 Å². The molecule has 3 aromatic carbocycles. The maximum Gasteiger partial charge on any atom is 0.418 e. The van der Waals surface area contributed by atoms with Crippen LogP contribution in [0, 0.1) is 0 Å². The summed E-state index contributed by atoms with van der Waals surface area (Å²) in [5.41, 5.74) is 1.54. The summed E-state index contributed by atoms with van der Waals surface area (Å²) >= 11 is 0. The smallest absolute Gasteiger partial charge is 0.418 e. The van der Waals surface area contributed by atoms with Gasteiger partial charge in [-0.05, 0) is 79.4 Å². The van der Waals surface area contributed by atoms with Gasteiger partial charge >= 0.3 is 12.2 Å². The van der Waals surface area contributed by atoms with Crippen molar-refractivity contribution in [3.05, 3.63) is 102 Å². The number of nitrogens with one attached hydrogen (secondary N) is 1. The average Bonchev–Trinajstić information content (AvgIpc) is 2.96. The zero-order valence-corrected chi connectivity index (χ0v) is 23.6. The van der Waals surface area contributed by atoms with Crippen molar-refractivity contribution >= 4 is 28.8 Å². The number of hydrogen-bond acceptors (Lipinski definition) is 6. The van der Waals surface area contributed by atoms with Gasteiger partial charge in [-0.1, -0.05) is 54.6 Å². The van der Waals surface area contributed by atoms with E-state index in [1.165, 1.54) is 5.39 Å². The molecule has 8 heteroatoms. The number of carbonyl (C=O) groups excluding carboxylic acids is 2. The van der Waals surface area contributed by atoms with Crippen LogP contribution in [0.2, 0.25) is 0 Å². The average molecular weight is 554 g/mol. The molecular formula is C33H35N3O5. The van der Waals surface area contributed by atoms with E-state index in [4.69, 9.17) is 14.2 Å². The van der Waals surface area contributed by atoms with Crippen LogP contribution in [-0.2, 0) is 16.1 Å². The molecule has 2 amide bonds. The Balaban J connectivity index is 1.29. The first-order valence-corrected chi connectivity index (χ1v) is 13.8. The second kappa shape index (κ2) is 12.4. The summed E-state index contributed by atoms with van der Waals surface area (Å²) < 4.78 is 17.6. The summed E-state index contributed by atoms with van der Waals surface area (Å²) in [5, 5.41) is 4.95. The van der Waals surface area contributed by atoms with E-state index in [0.717, 1.165) is 16.5 Å². The third kappa shape index (κ3) is 7.61. The van der Waals surface area contributed by atoms with Crippen LogP contribution in [-0.4, -0.2) is 46.9 Å². The minimum Gasteiger partial charge on any atom is -0.444 e. The topological polar surface area (TPSA) is 90.0 Å². The van der Waals surface area contributed by atoms with Crippen molar-refractivity contribution in [2.75, 3.05) is 18.4 Å². The zero-order chi connectivity index (χ0) is 28.8. The van der Waals surface area contributed by atoms with Gasteiger partial charge in [0.25, 0.3) is 0 Å². The highest BCUT2D eigenvalue weighted by Gasteiger charge is 2.35. The van der Waals surface area contributed by atoms with Gasteiger partial charge in [-0.2, -0.15) is 0 Å². The maximum atomic E-state index is 12.9. The summed E-state index contributed by atoms with van der Waals surface area (Å²) in [6.45, 7) is 6.99. The zero-order valence-electron chi connectivity index (χ0n) is 23.6. The Labute approximate surface area is 240 Å². The van der Waals surface area contributed by atoms with Crippen LogP contribution in [0.25, 0.3) is 10.8 Å². The molecule has 8 nitrogen and oxygen atoms in total. The predicted octanol–water partition coefficient (Wildman–Crippen LogP) is 7.16. The molecule has 2 atom stereocenters. The minimum absolute atomic E-state index is 0.0468. The molecule has 0 bridgehead atoms. The molecule has 2 heterocycles. The van der Waals surface area contributed by atoms with E-state index < -0.39 is 11.7 Å². The lowest BCUT2D eigenvalue weighted by molar-refractivity contribution is -0.0359. The van der Waals surface area contributed by atoms with Crippen LogP contribution in [0.4, 0.5) is 15.4 Å². The normalized spacial score (nSPS) is 17.2. The number of nitrogens with zero attached hydrogens (tertiary/aromatic N) is 2. The standard InChI is InChI=1S/C33H35N3O5/c1-33(2,3)41-32(38)36-19-17-28(29(21-36)39-22-23-11-12-24-8-4-5-9-26(24)20-23)25-13-15-27(16-14-25)40-31(37)35-30-10-6-7-18-34-30/h4-16,18,20,28-29H,17,19,21-22H2,1-3H3,(H,34,35,37). The van der Waals surface area contributed by atoms with Gasteiger partial charge in [0.15, 0.2) is 0 Å². The first-order valence-electron chi connectivity index (χ1n) is 13.8. The van der Waals surface area contributed by atoms with E-state index >= 15 is 0 Å². The van der Waals surface area contributed by atoms with Gasteiger partial charge in [0.2, 0.25) is 0 Å². The van der Waals surface area contributed by atoms with E-state index in [-0.39, 0.29) is 18.1 Å².